The van der Waals surface area contributed by atoms with E-state index in [1.807, 2.05) is 47.4 Å². The van der Waals surface area contributed by atoms with Crippen molar-refractivity contribution >= 4 is 51.9 Å². The molecule has 3 aliphatic heterocycles. The number of piperazine rings is 1. The average Bonchev–Trinajstić information content (AvgIpc) is 3.48. The fourth-order valence-corrected chi connectivity index (χ4v) is 5.89. The van der Waals surface area contributed by atoms with Gasteiger partial charge in [-0.2, -0.15) is 0 Å². The molecule has 0 unspecified atom stereocenters. The lowest BCUT2D eigenvalue weighted by molar-refractivity contribution is -0.131. The minimum absolute atomic E-state index is 0.0602. The molecule has 2 aromatic carbocycles. The van der Waals surface area contributed by atoms with E-state index in [0.29, 0.717) is 33.7 Å². The van der Waals surface area contributed by atoms with E-state index in [4.69, 9.17) is 21.7 Å². The topological polar surface area (TPSA) is 62.3 Å². The highest BCUT2D eigenvalue weighted by molar-refractivity contribution is 8.26. The van der Waals surface area contributed by atoms with Crippen LogP contribution in [0.4, 0.5) is 5.69 Å². The first-order chi connectivity index (χ1) is 17.6. The number of thiocarbonyl (C=S) groups is 1. The standard InChI is InChI=1S/C27H29N3O4S2/c31-25(29-15-13-28(14-16-29)21-7-3-1-4-8-21)9-5-2-6-12-30-26(32)24(36-27(30)35)18-20-10-11-22-23(17-20)34-19-33-22/h1,3-4,7-8,10-11,17-18H,2,5-6,9,12-16,19H2. The average molecular weight is 524 g/mol. The SMILES string of the molecule is O=C(CCCCCN1C(=O)C(=Cc2ccc3c(c2)OCO3)SC1=S)N1CCN(c2ccccc2)CC1. The fourth-order valence-electron chi connectivity index (χ4n) is 4.58. The molecule has 0 atom stereocenters. The Labute approximate surface area is 221 Å². The summed E-state index contributed by atoms with van der Waals surface area (Å²) >= 11 is 6.79. The van der Waals surface area contributed by atoms with Crippen molar-refractivity contribution in [1.29, 1.82) is 0 Å². The van der Waals surface area contributed by atoms with Crippen LogP contribution in [0.3, 0.4) is 0 Å². The minimum Gasteiger partial charge on any atom is -0.454 e. The summed E-state index contributed by atoms with van der Waals surface area (Å²) in [6, 6.07) is 16.0. The maximum atomic E-state index is 12.9. The largest absolute Gasteiger partial charge is 0.454 e. The summed E-state index contributed by atoms with van der Waals surface area (Å²) in [5.41, 5.74) is 2.09. The third-order valence-electron chi connectivity index (χ3n) is 6.59. The van der Waals surface area contributed by atoms with Gasteiger partial charge >= 0.3 is 0 Å². The maximum Gasteiger partial charge on any atom is 0.266 e. The highest BCUT2D eigenvalue weighted by Gasteiger charge is 2.31. The second kappa shape index (κ2) is 11.3. The Morgan fingerprint density at radius 2 is 1.75 bits per heavy atom. The van der Waals surface area contributed by atoms with Crippen molar-refractivity contribution in [2.75, 3.05) is 44.4 Å². The molecule has 2 saturated heterocycles. The van der Waals surface area contributed by atoms with Gasteiger partial charge < -0.3 is 19.3 Å². The van der Waals surface area contributed by atoms with Crippen LogP contribution in [0.25, 0.3) is 6.08 Å². The third kappa shape index (κ3) is 5.68. The predicted octanol–water partition coefficient (Wildman–Crippen LogP) is 4.53. The van der Waals surface area contributed by atoms with Gasteiger partial charge in [-0.15, -0.1) is 0 Å². The summed E-state index contributed by atoms with van der Waals surface area (Å²) in [6.07, 6.45) is 4.91. The van der Waals surface area contributed by atoms with Gasteiger partial charge in [0.2, 0.25) is 12.7 Å². The number of anilines is 1. The van der Waals surface area contributed by atoms with Crippen molar-refractivity contribution in [1.82, 2.24) is 9.80 Å². The number of fused-ring (bicyclic) bond motifs is 1. The van der Waals surface area contributed by atoms with Gasteiger partial charge in [0, 0.05) is 44.8 Å². The molecule has 2 aromatic rings. The van der Waals surface area contributed by atoms with E-state index < -0.39 is 0 Å². The Morgan fingerprint density at radius 3 is 2.56 bits per heavy atom. The van der Waals surface area contributed by atoms with Gasteiger partial charge in [-0.3, -0.25) is 14.5 Å². The predicted molar refractivity (Wildman–Crippen MR) is 146 cm³/mol. The normalized spacial score (nSPS) is 18.4. The molecule has 0 aliphatic carbocycles. The van der Waals surface area contributed by atoms with E-state index in [1.165, 1.54) is 17.4 Å². The summed E-state index contributed by atoms with van der Waals surface area (Å²) < 4.78 is 11.3. The summed E-state index contributed by atoms with van der Waals surface area (Å²) in [6.45, 7) is 4.05. The van der Waals surface area contributed by atoms with E-state index in [2.05, 4.69) is 17.0 Å². The molecule has 7 nitrogen and oxygen atoms in total. The lowest BCUT2D eigenvalue weighted by atomic mass is 10.1. The van der Waals surface area contributed by atoms with E-state index in [-0.39, 0.29) is 18.6 Å². The smallest absolute Gasteiger partial charge is 0.266 e. The van der Waals surface area contributed by atoms with Crippen molar-refractivity contribution in [2.24, 2.45) is 0 Å². The number of para-hydroxylation sites is 1. The van der Waals surface area contributed by atoms with Gasteiger partial charge in [0.15, 0.2) is 11.5 Å². The van der Waals surface area contributed by atoms with Crippen LogP contribution in [-0.2, 0) is 9.59 Å². The fraction of sp³-hybridized carbons (Fsp3) is 0.370. The molecular weight excluding hydrogens is 494 g/mol. The number of hydrogen-bond donors (Lipinski definition) is 0. The molecule has 3 heterocycles. The van der Waals surface area contributed by atoms with Crippen LogP contribution >= 0.6 is 24.0 Å². The van der Waals surface area contributed by atoms with E-state index >= 15 is 0 Å². The van der Waals surface area contributed by atoms with Crippen LogP contribution in [0, 0.1) is 0 Å². The monoisotopic (exact) mass is 523 g/mol. The number of rotatable bonds is 8. The Balaban J connectivity index is 1.03. The molecule has 0 bridgehead atoms. The number of nitrogens with zero attached hydrogens (tertiary/aromatic N) is 3. The summed E-state index contributed by atoms with van der Waals surface area (Å²) in [4.78, 5) is 32.1. The van der Waals surface area contributed by atoms with Crippen LogP contribution in [0.1, 0.15) is 31.2 Å². The molecule has 9 heteroatoms. The van der Waals surface area contributed by atoms with Crippen molar-refractivity contribution in [2.45, 2.75) is 25.7 Å². The summed E-state index contributed by atoms with van der Waals surface area (Å²) in [5, 5.41) is 0. The number of benzene rings is 2. The summed E-state index contributed by atoms with van der Waals surface area (Å²) in [5.74, 6) is 1.56. The number of thioether (sulfide) groups is 1. The lowest BCUT2D eigenvalue weighted by Gasteiger charge is -2.36. The van der Waals surface area contributed by atoms with Gasteiger partial charge in [0.1, 0.15) is 4.32 Å². The molecule has 36 heavy (non-hydrogen) atoms. The Kier molecular flexibility index (Phi) is 7.77. The highest BCUT2D eigenvalue weighted by atomic mass is 32.2. The van der Waals surface area contributed by atoms with Crippen molar-refractivity contribution in [3.8, 4) is 11.5 Å². The third-order valence-corrected chi connectivity index (χ3v) is 7.97. The number of amides is 2. The number of ether oxygens (including phenoxy) is 2. The van der Waals surface area contributed by atoms with Gasteiger partial charge in [0.05, 0.1) is 4.91 Å². The van der Waals surface area contributed by atoms with E-state index in [0.717, 1.165) is 51.0 Å². The van der Waals surface area contributed by atoms with Gasteiger partial charge in [-0.25, -0.2) is 0 Å². The zero-order valence-corrected chi connectivity index (χ0v) is 21.7. The van der Waals surface area contributed by atoms with Crippen LogP contribution in [-0.4, -0.2) is 65.5 Å². The minimum atomic E-state index is -0.0602. The van der Waals surface area contributed by atoms with Crippen LogP contribution in [0.15, 0.2) is 53.4 Å². The van der Waals surface area contributed by atoms with Crippen LogP contribution in [0.2, 0.25) is 0 Å². The first-order valence-electron chi connectivity index (χ1n) is 12.3. The van der Waals surface area contributed by atoms with Gasteiger partial charge in [-0.05, 0) is 48.7 Å². The highest BCUT2D eigenvalue weighted by Crippen LogP contribution is 2.36. The maximum absolute atomic E-state index is 12.9. The molecule has 2 amide bonds. The molecule has 0 saturated carbocycles. The molecule has 5 rings (SSSR count). The second-order valence-electron chi connectivity index (χ2n) is 8.96. The molecular formula is C27H29N3O4S2. The molecule has 188 valence electrons. The zero-order chi connectivity index (χ0) is 24.9. The quantitative estimate of drug-likeness (QED) is 0.286. The molecule has 0 radical (unpaired) electrons. The number of carbonyl (C=O) groups excluding carboxylic acids is 2. The van der Waals surface area contributed by atoms with Gasteiger partial charge in [0.25, 0.3) is 5.91 Å². The first kappa shape index (κ1) is 24.6. The number of unbranched alkanes of at least 4 members (excludes halogenated alkanes) is 2. The Morgan fingerprint density at radius 1 is 0.972 bits per heavy atom. The van der Waals surface area contributed by atoms with Crippen LogP contribution < -0.4 is 14.4 Å². The summed E-state index contributed by atoms with van der Waals surface area (Å²) in [7, 11) is 0. The molecule has 0 aromatic heterocycles. The van der Waals surface area contributed by atoms with Crippen molar-refractivity contribution in [3.63, 3.8) is 0 Å². The van der Waals surface area contributed by atoms with Crippen molar-refractivity contribution in [3.05, 3.63) is 59.0 Å². The molecule has 2 fully saturated rings. The second-order valence-corrected chi connectivity index (χ2v) is 10.6. The Bertz CT molecular complexity index is 1160. The molecule has 0 N–H and O–H groups in total. The van der Waals surface area contributed by atoms with E-state index in [9.17, 15) is 9.59 Å². The number of hydrogen-bond acceptors (Lipinski definition) is 7. The van der Waals surface area contributed by atoms with Gasteiger partial charge in [-0.1, -0.05) is 54.7 Å². The van der Waals surface area contributed by atoms with Crippen LogP contribution in [0.5, 0.6) is 11.5 Å². The molecule has 0 spiro atoms. The zero-order valence-electron chi connectivity index (χ0n) is 20.1. The van der Waals surface area contributed by atoms with Crippen molar-refractivity contribution < 1.29 is 19.1 Å². The first-order valence-corrected chi connectivity index (χ1v) is 13.5. The molecule has 3 aliphatic rings. The van der Waals surface area contributed by atoms with E-state index in [1.54, 1.807) is 4.90 Å². The Hall–Kier alpha value is -3.04. The lowest BCUT2D eigenvalue weighted by Crippen LogP contribution is -2.48. The number of carbonyl (C=O) groups is 2.